The lowest BCUT2D eigenvalue weighted by molar-refractivity contribution is -0.153. The van der Waals surface area contributed by atoms with Crippen LogP contribution in [0, 0.1) is 5.82 Å². The standard InChI is InChI=1S/C20H19FN2O4S/c1-13(20-22-15-8-4-6-10-17(15)28-20)23(2)18(24)11-27-19(25)12-26-16-9-5-3-7-14(16)21/h3-10,13H,11-12H2,1-2H3/t13-/m1/s1. The molecule has 0 saturated heterocycles. The smallest absolute Gasteiger partial charge is 0.344 e. The van der Waals surface area contributed by atoms with Crippen LogP contribution in [0.3, 0.4) is 0 Å². The molecular formula is C20H19FN2O4S. The number of aromatic nitrogens is 1. The number of halogens is 1. The number of nitrogens with zero attached hydrogens (tertiary/aromatic N) is 2. The van der Waals surface area contributed by atoms with E-state index < -0.39 is 25.0 Å². The van der Waals surface area contributed by atoms with Gasteiger partial charge in [0, 0.05) is 7.05 Å². The minimum Gasteiger partial charge on any atom is -0.479 e. The summed E-state index contributed by atoms with van der Waals surface area (Å²) in [6, 6.07) is 13.2. The first-order chi connectivity index (χ1) is 13.5. The van der Waals surface area contributed by atoms with Gasteiger partial charge in [0.25, 0.3) is 5.91 Å². The summed E-state index contributed by atoms with van der Waals surface area (Å²) in [6.07, 6.45) is 0. The van der Waals surface area contributed by atoms with Crippen molar-refractivity contribution in [2.45, 2.75) is 13.0 Å². The molecule has 3 rings (SSSR count). The van der Waals surface area contributed by atoms with Crippen molar-refractivity contribution < 1.29 is 23.5 Å². The number of carbonyl (C=O) groups is 2. The van der Waals surface area contributed by atoms with E-state index in [1.165, 1.54) is 34.4 Å². The summed E-state index contributed by atoms with van der Waals surface area (Å²) in [5.41, 5.74) is 0.881. The fraction of sp³-hybridized carbons (Fsp3) is 0.250. The molecule has 0 bridgehead atoms. The molecule has 1 aromatic heterocycles. The van der Waals surface area contributed by atoms with Crippen LogP contribution in [0.5, 0.6) is 5.75 Å². The molecule has 0 unspecified atom stereocenters. The van der Waals surface area contributed by atoms with Crippen LogP contribution in [0.2, 0.25) is 0 Å². The van der Waals surface area contributed by atoms with Crippen LogP contribution in [-0.4, -0.2) is 42.0 Å². The molecule has 0 N–H and O–H groups in total. The third-order valence-corrected chi connectivity index (χ3v) is 5.39. The highest BCUT2D eigenvalue weighted by Gasteiger charge is 2.22. The van der Waals surface area contributed by atoms with Crippen LogP contribution in [0.15, 0.2) is 48.5 Å². The highest BCUT2D eigenvalue weighted by Crippen LogP contribution is 2.28. The van der Waals surface area contributed by atoms with Gasteiger partial charge in [-0.05, 0) is 31.2 Å². The average Bonchev–Trinajstić information content (AvgIpc) is 3.14. The number of hydrogen-bond donors (Lipinski definition) is 0. The lowest BCUT2D eigenvalue weighted by atomic mass is 10.3. The van der Waals surface area contributed by atoms with E-state index in [1.807, 2.05) is 31.2 Å². The van der Waals surface area contributed by atoms with Crippen molar-refractivity contribution in [3.8, 4) is 5.75 Å². The Morgan fingerprint density at radius 1 is 1.14 bits per heavy atom. The van der Waals surface area contributed by atoms with E-state index in [-0.39, 0.29) is 17.7 Å². The maximum absolute atomic E-state index is 13.4. The number of ether oxygens (including phenoxy) is 2. The van der Waals surface area contributed by atoms with Crippen molar-refractivity contribution >= 4 is 33.4 Å². The highest BCUT2D eigenvalue weighted by atomic mass is 32.1. The molecule has 6 nitrogen and oxygen atoms in total. The molecule has 1 heterocycles. The quantitative estimate of drug-likeness (QED) is 0.565. The number of rotatable bonds is 7. The SMILES string of the molecule is C[C@H](c1nc2ccccc2s1)N(C)C(=O)COC(=O)COc1ccccc1F. The van der Waals surface area contributed by atoms with Crippen LogP contribution in [0.25, 0.3) is 10.2 Å². The molecule has 0 aliphatic carbocycles. The van der Waals surface area contributed by atoms with E-state index in [1.54, 1.807) is 13.1 Å². The number of thiazole rings is 1. The molecular weight excluding hydrogens is 383 g/mol. The van der Waals surface area contributed by atoms with Gasteiger partial charge in [0.2, 0.25) is 0 Å². The van der Waals surface area contributed by atoms with E-state index in [2.05, 4.69) is 4.98 Å². The van der Waals surface area contributed by atoms with Gasteiger partial charge in [0.1, 0.15) is 5.01 Å². The molecule has 0 fully saturated rings. The number of esters is 1. The van der Waals surface area contributed by atoms with E-state index in [0.29, 0.717) is 0 Å². The topological polar surface area (TPSA) is 68.7 Å². The first-order valence-electron chi connectivity index (χ1n) is 8.60. The Morgan fingerprint density at radius 2 is 1.86 bits per heavy atom. The van der Waals surface area contributed by atoms with Gasteiger partial charge in [-0.15, -0.1) is 11.3 Å². The molecule has 8 heteroatoms. The lowest BCUT2D eigenvalue weighted by Crippen LogP contribution is -2.34. The Hall–Kier alpha value is -3.00. The van der Waals surface area contributed by atoms with E-state index in [9.17, 15) is 14.0 Å². The Bertz CT molecular complexity index is 958. The van der Waals surface area contributed by atoms with Crippen LogP contribution in [-0.2, 0) is 14.3 Å². The van der Waals surface area contributed by atoms with Gasteiger partial charge >= 0.3 is 5.97 Å². The second-order valence-corrected chi connectivity index (χ2v) is 7.14. The van der Waals surface area contributed by atoms with Gasteiger partial charge in [-0.1, -0.05) is 24.3 Å². The van der Waals surface area contributed by atoms with Gasteiger partial charge in [0.15, 0.2) is 24.8 Å². The third-order valence-electron chi connectivity index (χ3n) is 4.18. The lowest BCUT2D eigenvalue weighted by Gasteiger charge is -2.23. The number of benzene rings is 2. The fourth-order valence-electron chi connectivity index (χ4n) is 2.43. The molecule has 0 aliphatic heterocycles. The summed E-state index contributed by atoms with van der Waals surface area (Å²) >= 11 is 1.51. The molecule has 3 aromatic rings. The van der Waals surface area contributed by atoms with Crippen molar-refractivity contribution in [3.63, 3.8) is 0 Å². The molecule has 0 radical (unpaired) electrons. The Kier molecular flexibility index (Phi) is 6.20. The minimum atomic E-state index is -0.752. The molecule has 1 amide bonds. The zero-order chi connectivity index (χ0) is 20.1. The molecule has 0 saturated carbocycles. The first kappa shape index (κ1) is 19.8. The van der Waals surface area contributed by atoms with Gasteiger partial charge < -0.3 is 14.4 Å². The van der Waals surface area contributed by atoms with Crippen LogP contribution < -0.4 is 4.74 Å². The minimum absolute atomic E-state index is 0.0487. The molecule has 28 heavy (non-hydrogen) atoms. The van der Waals surface area contributed by atoms with Gasteiger partial charge in [0.05, 0.1) is 16.3 Å². The van der Waals surface area contributed by atoms with Crippen LogP contribution in [0.4, 0.5) is 4.39 Å². The largest absolute Gasteiger partial charge is 0.479 e. The van der Waals surface area contributed by atoms with Gasteiger partial charge in [-0.2, -0.15) is 0 Å². The highest BCUT2D eigenvalue weighted by molar-refractivity contribution is 7.18. The normalized spacial score (nSPS) is 11.8. The third kappa shape index (κ3) is 4.64. The van der Waals surface area contributed by atoms with Gasteiger partial charge in [-0.3, -0.25) is 4.79 Å². The predicted octanol–water partition coefficient (Wildman–Crippen LogP) is 3.58. The predicted molar refractivity (Wildman–Crippen MR) is 104 cm³/mol. The van der Waals surface area contributed by atoms with Gasteiger partial charge in [-0.25, -0.2) is 14.2 Å². The Labute approximate surface area is 165 Å². The summed E-state index contributed by atoms with van der Waals surface area (Å²) in [5.74, 6) is -1.74. The molecule has 2 aromatic carbocycles. The summed E-state index contributed by atoms with van der Waals surface area (Å²) in [4.78, 5) is 30.1. The zero-order valence-corrected chi connectivity index (χ0v) is 16.2. The first-order valence-corrected chi connectivity index (χ1v) is 9.41. The Balaban J connectivity index is 1.50. The number of hydrogen-bond acceptors (Lipinski definition) is 6. The summed E-state index contributed by atoms with van der Waals surface area (Å²) < 4.78 is 24.5. The maximum Gasteiger partial charge on any atom is 0.344 e. The summed E-state index contributed by atoms with van der Waals surface area (Å²) in [5, 5.41) is 0.797. The fourth-order valence-corrected chi connectivity index (χ4v) is 3.50. The average molecular weight is 402 g/mol. The maximum atomic E-state index is 13.4. The second kappa shape index (κ2) is 8.79. The monoisotopic (exact) mass is 402 g/mol. The summed E-state index contributed by atoms with van der Waals surface area (Å²) in [6.45, 7) is 0.954. The zero-order valence-electron chi connectivity index (χ0n) is 15.4. The summed E-state index contributed by atoms with van der Waals surface area (Å²) in [7, 11) is 1.63. The number of para-hydroxylation sites is 2. The van der Waals surface area contributed by atoms with E-state index in [0.717, 1.165) is 15.2 Å². The van der Waals surface area contributed by atoms with Crippen molar-refractivity contribution in [1.82, 2.24) is 9.88 Å². The Morgan fingerprint density at radius 3 is 2.61 bits per heavy atom. The van der Waals surface area contributed by atoms with Crippen molar-refractivity contribution in [2.75, 3.05) is 20.3 Å². The number of fused-ring (bicyclic) bond motifs is 1. The molecule has 146 valence electrons. The van der Waals surface area contributed by atoms with Crippen molar-refractivity contribution in [1.29, 1.82) is 0 Å². The number of carbonyl (C=O) groups excluding carboxylic acids is 2. The molecule has 1 atom stereocenters. The second-order valence-electron chi connectivity index (χ2n) is 6.08. The van der Waals surface area contributed by atoms with Crippen LogP contribution in [0.1, 0.15) is 18.0 Å². The van der Waals surface area contributed by atoms with Crippen molar-refractivity contribution in [2.24, 2.45) is 0 Å². The van der Waals surface area contributed by atoms with Crippen molar-refractivity contribution in [3.05, 3.63) is 59.4 Å². The van der Waals surface area contributed by atoms with Crippen LogP contribution >= 0.6 is 11.3 Å². The number of amides is 1. The molecule has 0 spiro atoms. The van der Waals surface area contributed by atoms with E-state index >= 15 is 0 Å². The number of likely N-dealkylation sites (N-methyl/N-ethyl adjacent to an activating group) is 1. The van der Waals surface area contributed by atoms with E-state index in [4.69, 9.17) is 9.47 Å². The molecule has 0 aliphatic rings.